The molecule has 1 aromatic carbocycles. The van der Waals surface area contributed by atoms with Gasteiger partial charge in [-0.1, -0.05) is 12.1 Å². The lowest BCUT2D eigenvalue weighted by Crippen LogP contribution is -2.31. The summed E-state index contributed by atoms with van der Waals surface area (Å²) in [6.07, 6.45) is 6.93. The molecule has 1 fully saturated rings. The van der Waals surface area contributed by atoms with E-state index in [2.05, 4.69) is 27.2 Å². The van der Waals surface area contributed by atoms with Crippen molar-refractivity contribution in [2.24, 2.45) is 0 Å². The molecule has 2 aromatic rings. The van der Waals surface area contributed by atoms with Crippen LogP contribution < -0.4 is 5.32 Å². The first-order chi connectivity index (χ1) is 11.2. The van der Waals surface area contributed by atoms with Crippen LogP contribution in [0.3, 0.4) is 0 Å². The Kier molecular flexibility index (Phi) is 4.98. The van der Waals surface area contributed by atoms with Crippen molar-refractivity contribution in [3.63, 3.8) is 0 Å². The van der Waals surface area contributed by atoms with Gasteiger partial charge in [0.15, 0.2) is 5.82 Å². The van der Waals surface area contributed by atoms with Gasteiger partial charge >= 0.3 is 0 Å². The van der Waals surface area contributed by atoms with Gasteiger partial charge in [-0.25, -0.2) is 9.97 Å². The molecule has 1 aliphatic rings. The van der Waals surface area contributed by atoms with Gasteiger partial charge < -0.3 is 10.2 Å². The molecule has 1 aliphatic heterocycles. The van der Waals surface area contributed by atoms with Crippen molar-refractivity contribution in [1.82, 2.24) is 20.2 Å². The molecule has 120 valence electrons. The molecule has 0 saturated carbocycles. The van der Waals surface area contributed by atoms with E-state index in [1.54, 1.807) is 18.5 Å². The fourth-order valence-electron chi connectivity index (χ4n) is 3.02. The largest absolute Gasteiger partial charge is 0.352 e. The number of carbonyl (C=O) groups excluding carboxylic acids is 1. The van der Waals surface area contributed by atoms with E-state index in [0.717, 1.165) is 18.5 Å². The van der Waals surface area contributed by atoms with Crippen LogP contribution in [0, 0.1) is 0 Å². The second-order valence-electron chi connectivity index (χ2n) is 5.97. The van der Waals surface area contributed by atoms with Gasteiger partial charge in [-0.3, -0.25) is 4.79 Å². The molecule has 0 spiro atoms. The van der Waals surface area contributed by atoms with E-state index in [4.69, 9.17) is 0 Å². The molecule has 1 saturated heterocycles. The maximum absolute atomic E-state index is 12.2. The minimum absolute atomic E-state index is 0.0221. The van der Waals surface area contributed by atoms with E-state index in [9.17, 15) is 4.79 Å². The zero-order valence-corrected chi connectivity index (χ0v) is 13.4. The van der Waals surface area contributed by atoms with Crippen molar-refractivity contribution in [3.05, 3.63) is 48.3 Å². The highest BCUT2D eigenvalue weighted by atomic mass is 16.1. The molecule has 1 amide bonds. The van der Waals surface area contributed by atoms with E-state index in [0.29, 0.717) is 17.4 Å². The van der Waals surface area contributed by atoms with Crippen molar-refractivity contribution in [2.75, 3.05) is 20.1 Å². The third kappa shape index (κ3) is 3.93. The highest BCUT2D eigenvalue weighted by Gasteiger charge is 2.20. The van der Waals surface area contributed by atoms with Crippen molar-refractivity contribution >= 4 is 5.91 Å². The summed E-state index contributed by atoms with van der Waals surface area (Å²) in [6, 6.07) is 9.80. The van der Waals surface area contributed by atoms with Gasteiger partial charge in [0, 0.05) is 36.1 Å². The number of likely N-dealkylation sites (tertiary alicyclic amines) is 1. The second-order valence-corrected chi connectivity index (χ2v) is 5.97. The Morgan fingerprint density at radius 2 is 2.00 bits per heavy atom. The van der Waals surface area contributed by atoms with Gasteiger partial charge in [-0.15, -0.1) is 0 Å². The van der Waals surface area contributed by atoms with E-state index < -0.39 is 0 Å². The quantitative estimate of drug-likeness (QED) is 0.921. The Hall–Kier alpha value is -2.27. The molecule has 5 heteroatoms. The van der Waals surface area contributed by atoms with Gasteiger partial charge in [0.05, 0.1) is 0 Å². The summed E-state index contributed by atoms with van der Waals surface area (Å²) in [6.45, 7) is 1.89. The minimum atomic E-state index is -0.0221. The molecule has 1 N–H and O–H groups in total. The fraction of sp³-hybridized carbons (Fsp3) is 0.389. The Morgan fingerprint density at radius 1 is 1.26 bits per heavy atom. The molecule has 3 rings (SSSR count). The fourth-order valence-corrected chi connectivity index (χ4v) is 3.02. The molecule has 0 bridgehead atoms. The Morgan fingerprint density at radius 3 is 2.65 bits per heavy atom. The Labute approximate surface area is 136 Å². The number of aromatic nitrogens is 2. The van der Waals surface area contributed by atoms with Crippen LogP contribution in [0.5, 0.6) is 0 Å². The highest BCUT2D eigenvalue weighted by Crippen LogP contribution is 2.17. The number of amides is 1. The molecular formula is C18H22N4O. The van der Waals surface area contributed by atoms with Crippen molar-refractivity contribution < 1.29 is 4.79 Å². The molecule has 5 nitrogen and oxygen atoms in total. The Bertz CT molecular complexity index is 642. The number of nitrogens with zero attached hydrogens (tertiary/aromatic N) is 3. The lowest BCUT2D eigenvalue weighted by Gasteiger charge is -2.19. The van der Waals surface area contributed by atoms with Crippen LogP contribution in [0.15, 0.2) is 42.7 Å². The summed E-state index contributed by atoms with van der Waals surface area (Å²) in [5.41, 5.74) is 1.58. The topological polar surface area (TPSA) is 58.1 Å². The van der Waals surface area contributed by atoms with Crippen LogP contribution in [0.4, 0.5) is 0 Å². The van der Waals surface area contributed by atoms with E-state index in [-0.39, 0.29) is 5.91 Å². The van der Waals surface area contributed by atoms with Crippen molar-refractivity contribution in [1.29, 1.82) is 0 Å². The smallest absolute Gasteiger partial charge is 0.251 e. The summed E-state index contributed by atoms with van der Waals surface area (Å²) < 4.78 is 0. The summed E-state index contributed by atoms with van der Waals surface area (Å²) in [5, 5.41) is 3.01. The van der Waals surface area contributed by atoms with E-state index >= 15 is 0 Å². The lowest BCUT2D eigenvalue weighted by molar-refractivity contribution is 0.0950. The van der Waals surface area contributed by atoms with Gasteiger partial charge in [0.2, 0.25) is 0 Å². The number of carbonyl (C=O) groups is 1. The van der Waals surface area contributed by atoms with Crippen LogP contribution in [0.2, 0.25) is 0 Å². The lowest BCUT2D eigenvalue weighted by atomic mass is 10.1. The molecule has 1 aromatic heterocycles. The summed E-state index contributed by atoms with van der Waals surface area (Å²) in [4.78, 5) is 23.0. The van der Waals surface area contributed by atoms with Crippen molar-refractivity contribution in [3.8, 4) is 11.4 Å². The number of rotatable bonds is 5. The van der Waals surface area contributed by atoms with Crippen molar-refractivity contribution in [2.45, 2.75) is 25.3 Å². The normalized spacial score (nSPS) is 18.0. The van der Waals surface area contributed by atoms with Crippen LogP contribution in [-0.2, 0) is 0 Å². The van der Waals surface area contributed by atoms with Gasteiger partial charge in [0.25, 0.3) is 5.91 Å². The van der Waals surface area contributed by atoms with Crippen LogP contribution >= 0.6 is 0 Å². The van der Waals surface area contributed by atoms with Crippen LogP contribution in [0.25, 0.3) is 11.4 Å². The molecule has 0 unspecified atom stereocenters. The molecular weight excluding hydrogens is 288 g/mol. The maximum atomic E-state index is 12.2. The number of hydrogen-bond acceptors (Lipinski definition) is 4. The molecule has 23 heavy (non-hydrogen) atoms. The number of benzene rings is 1. The van der Waals surface area contributed by atoms with E-state index in [1.165, 1.54) is 19.4 Å². The first-order valence-corrected chi connectivity index (χ1v) is 8.10. The third-order valence-electron chi connectivity index (χ3n) is 4.41. The summed E-state index contributed by atoms with van der Waals surface area (Å²) in [7, 11) is 2.16. The molecule has 0 radical (unpaired) electrons. The zero-order valence-electron chi connectivity index (χ0n) is 13.4. The second kappa shape index (κ2) is 7.33. The number of hydrogen-bond donors (Lipinski definition) is 1. The molecule has 0 aliphatic carbocycles. The Balaban J connectivity index is 1.53. The van der Waals surface area contributed by atoms with E-state index in [1.807, 2.05) is 24.3 Å². The SMILES string of the molecule is CN1CCC[C@H]1CCNC(=O)c1ccc(-c2ncccn2)cc1. The summed E-state index contributed by atoms with van der Waals surface area (Å²) in [5.74, 6) is 0.648. The predicted octanol–water partition coefficient (Wildman–Crippen LogP) is 2.36. The predicted molar refractivity (Wildman–Crippen MR) is 90.1 cm³/mol. The highest BCUT2D eigenvalue weighted by molar-refractivity contribution is 5.94. The van der Waals surface area contributed by atoms with Gasteiger partial charge in [-0.05, 0) is 51.1 Å². The molecule has 2 heterocycles. The van der Waals surface area contributed by atoms with Gasteiger partial charge in [0.1, 0.15) is 0 Å². The first kappa shape index (κ1) is 15.6. The monoisotopic (exact) mass is 310 g/mol. The average Bonchev–Trinajstić information content (AvgIpc) is 3.01. The summed E-state index contributed by atoms with van der Waals surface area (Å²) >= 11 is 0. The van der Waals surface area contributed by atoms with Gasteiger partial charge in [-0.2, -0.15) is 0 Å². The molecule has 1 atom stereocenters. The van der Waals surface area contributed by atoms with Crippen LogP contribution in [0.1, 0.15) is 29.6 Å². The third-order valence-corrected chi connectivity index (χ3v) is 4.41. The maximum Gasteiger partial charge on any atom is 0.251 e. The number of nitrogens with one attached hydrogen (secondary N) is 1. The minimum Gasteiger partial charge on any atom is -0.352 e. The standard InChI is InChI=1S/C18H22N4O/c1-22-13-2-4-16(22)9-12-21-18(23)15-7-5-14(6-8-15)17-19-10-3-11-20-17/h3,5-8,10-11,16H,2,4,9,12-13H2,1H3,(H,21,23)/t16-/m0/s1. The van der Waals surface area contributed by atoms with Crippen LogP contribution in [-0.4, -0.2) is 47.0 Å². The first-order valence-electron chi connectivity index (χ1n) is 8.10. The average molecular weight is 310 g/mol. The zero-order chi connectivity index (χ0) is 16.1.